The molecule has 5 nitrogen and oxygen atoms in total. The van der Waals surface area contributed by atoms with E-state index >= 15 is 0 Å². The molecule has 2 heterocycles. The Kier molecular flexibility index (Phi) is 6.19. The third-order valence-electron chi connectivity index (χ3n) is 4.33. The van der Waals surface area contributed by atoms with E-state index in [-0.39, 0.29) is 12.4 Å². The van der Waals surface area contributed by atoms with Crippen LogP contribution in [0.5, 0.6) is 5.75 Å². The van der Waals surface area contributed by atoms with Crippen LogP contribution in [0.4, 0.5) is 10.2 Å². The van der Waals surface area contributed by atoms with Crippen LogP contribution in [0.3, 0.4) is 0 Å². The molecule has 2 N–H and O–H groups in total. The molecule has 134 valence electrons. The maximum atomic E-state index is 12.8. The molecule has 0 unspecified atom stereocenters. The van der Waals surface area contributed by atoms with Crippen molar-refractivity contribution < 1.29 is 14.2 Å². The summed E-state index contributed by atoms with van der Waals surface area (Å²) in [5.74, 6) is 1.72. The van der Waals surface area contributed by atoms with E-state index in [0.717, 1.165) is 31.9 Å². The summed E-state index contributed by atoms with van der Waals surface area (Å²) in [6.45, 7) is 3.60. The van der Waals surface area contributed by atoms with Crippen molar-refractivity contribution in [3.05, 3.63) is 54.5 Å². The third-order valence-corrected chi connectivity index (χ3v) is 4.33. The summed E-state index contributed by atoms with van der Waals surface area (Å²) in [5, 5.41) is 13.5. The van der Waals surface area contributed by atoms with E-state index in [0.29, 0.717) is 18.2 Å². The van der Waals surface area contributed by atoms with Gasteiger partial charge in [0.05, 0.1) is 0 Å². The standard InChI is InChI=1S/C19H24FN3O2/c20-16-4-6-18(7-5-16)25-14-17(24)13-23-10-8-15(12-23)11-22-19-3-1-2-9-21-19/h1-7,9,15,17,24H,8,10-14H2,(H,21,22)/t15-,17-/m0/s1. The van der Waals surface area contributed by atoms with Gasteiger partial charge in [0.25, 0.3) is 0 Å². The Morgan fingerprint density at radius 1 is 1.28 bits per heavy atom. The number of halogens is 1. The van der Waals surface area contributed by atoms with Crippen molar-refractivity contribution in [3.63, 3.8) is 0 Å². The highest BCUT2D eigenvalue weighted by Gasteiger charge is 2.24. The summed E-state index contributed by atoms with van der Waals surface area (Å²) in [6, 6.07) is 11.7. The lowest BCUT2D eigenvalue weighted by Gasteiger charge is -2.20. The number of aliphatic hydroxyl groups is 1. The molecule has 0 spiro atoms. The fourth-order valence-electron chi connectivity index (χ4n) is 3.04. The van der Waals surface area contributed by atoms with E-state index < -0.39 is 6.10 Å². The number of β-amino-alcohol motifs (C(OH)–C–C–N with tert-alkyl or cyclic N) is 1. The first-order chi connectivity index (χ1) is 12.2. The van der Waals surface area contributed by atoms with Crippen LogP contribution in [-0.2, 0) is 0 Å². The van der Waals surface area contributed by atoms with Gasteiger partial charge in [-0.25, -0.2) is 9.37 Å². The van der Waals surface area contributed by atoms with Gasteiger partial charge in [-0.15, -0.1) is 0 Å². The summed E-state index contributed by atoms with van der Waals surface area (Å²) in [7, 11) is 0. The zero-order valence-electron chi connectivity index (χ0n) is 14.1. The lowest BCUT2D eigenvalue weighted by Crippen LogP contribution is -2.34. The zero-order chi connectivity index (χ0) is 17.5. The predicted molar refractivity (Wildman–Crippen MR) is 95.2 cm³/mol. The van der Waals surface area contributed by atoms with Gasteiger partial charge in [-0.05, 0) is 55.3 Å². The highest BCUT2D eigenvalue weighted by Crippen LogP contribution is 2.17. The summed E-state index contributed by atoms with van der Waals surface area (Å²) in [5.41, 5.74) is 0. The van der Waals surface area contributed by atoms with Crippen LogP contribution in [0.25, 0.3) is 0 Å². The van der Waals surface area contributed by atoms with Gasteiger partial charge in [-0.2, -0.15) is 0 Å². The molecule has 2 atom stereocenters. The lowest BCUT2D eigenvalue weighted by atomic mass is 10.1. The molecule has 0 aliphatic carbocycles. The second-order valence-corrected chi connectivity index (χ2v) is 6.43. The summed E-state index contributed by atoms with van der Waals surface area (Å²) < 4.78 is 18.3. The topological polar surface area (TPSA) is 57.6 Å². The molecular weight excluding hydrogens is 321 g/mol. The summed E-state index contributed by atoms with van der Waals surface area (Å²) in [6.07, 6.45) is 2.32. The average Bonchev–Trinajstić information content (AvgIpc) is 3.08. The number of rotatable bonds is 8. The molecule has 0 amide bonds. The van der Waals surface area contributed by atoms with Gasteiger partial charge in [0.2, 0.25) is 0 Å². The molecule has 1 aromatic heterocycles. The Morgan fingerprint density at radius 2 is 2.12 bits per heavy atom. The fraction of sp³-hybridized carbons (Fsp3) is 0.421. The van der Waals surface area contributed by atoms with Crippen molar-refractivity contribution in [2.45, 2.75) is 12.5 Å². The molecule has 6 heteroatoms. The smallest absolute Gasteiger partial charge is 0.125 e. The van der Waals surface area contributed by atoms with E-state index in [4.69, 9.17) is 4.74 Å². The lowest BCUT2D eigenvalue weighted by molar-refractivity contribution is 0.0748. The van der Waals surface area contributed by atoms with Gasteiger partial charge >= 0.3 is 0 Å². The number of nitrogens with zero attached hydrogens (tertiary/aromatic N) is 2. The Morgan fingerprint density at radius 3 is 2.88 bits per heavy atom. The van der Waals surface area contributed by atoms with Gasteiger partial charge < -0.3 is 20.1 Å². The Hall–Kier alpha value is -2.18. The minimum absolute atomic E-state index is 0.207. The number of anilines is 1. The maximum Gasteiger partial charge on any atom is 0.125 e. The number of ether oxygens (including phenoxy) is 1. The van der Waals surface area contributed by atoms with Crippen LogP contribution in [0.15, 0.2) is 48.7 Å². The van der Waals surface area contributed by atoms with E-state index in [1.165, 1.54) is 12.1 Å². The largest absolute Gasteiger partial charge is 0.491 e. The van der Waals surface area contributed by atoms with E-state index in [1.807, 2.05) is 18.2 Å². The monoisotopic (exact) mass is 345 g/mol. The molecule has 1 aromatic carbocycles. The number of aliphatic hydroxyl groups excluding tert-OH is 1. The van der Waals surface area contributed by atoms with Gasteiger partial charge in [0, 0.05) is 25.8 Å². The molecule has 0 saturated carbocycles. The van der Waals surface area contributed by atoms with Crippen molar-refractivity contribution in [2.24, 2.45) is 5.92 Å². The Bertz CT molecular complexity index is 639. The van der Waals surface area contributed by atoms with Gasteiger partial charge in [0.15, 0.2) is 0 Å². The summed E-state index contributed by atoms with van der Waals surface area (Å²) >= 11 is 0. The second-order valence-electron chi connectivity index (χ2n) is 6.43. The highest BCUT2D eigenvalue weighted by molar-refractivity contribution is 5.33. The molecule has 1 fully saturated rings. The minimum Gasteiger partial charge on any atom is -0.491 e. The van der Waals surface area contributed by atoms with Crippen molar-refractivity contribution in [2.75, 3.05) is 38.1 Å². The van der Waals surface area contributed by atoms with Crippen molar-refractivity contribution in [3.8, 4) is 5.75 Å². The third kappa shape index (κ3) is 5.69. The molecule has 1 aliphatic rings. The zero-order valence-corrected chi connectivity index (χ0v) is 14.1. The van der Waals surface area contributed by atoms with Gasteiger partial charge in [-0.1, -0.05) is 6.07 Å². The van der Waals surface area contributed by atoms with Crippen LogP contribution in [0.2, 0.25) is 0 Å². The number of likely N-dealkylation sites (tertiary alicyclic amines) is 1. The first kappa shape index (κ1) is 17.6. The fourth-order valence-corrected chi connectivity index (χ4v) is 3.04. The van der Waals surface area contributed by atoms with Crippen LogP contribution in [-0.4, -0.2) is 53.9 Å². The van der Waals surface area contributed by atoms with E-state index in [9.17, 15) is 9.50 Å². The van der Waals surface area contributed by atoms with Crippen LogP contribution in [0, 0.1) is 11.7 Å². The normalized spacial score (nSPS) is 18.9. The Labute approximate surface area is 147 Å². The molecule has 2 aromatic rings. The maximum absolute atomic E-state index is 12.8. The quantitative estimate of drug-likeness (QED) is 0.769. The SMILES string of the molecule is O[C@H](COc1ccc(F)cc1)CN1CC[C@@H](CNc2ccccn2)C1. The molecular formula is C19H24FN3O2. The molecule has 1 saturated heterocycles. The van der Waals surface area contributed by atoms with Crippen molar-refractivity contribution in [1.82, 2.24) is 9.88 Å². The number of hydrogen-bond donors (Lipinski definition) is 2. The highest BCUT2D eigenvalue weighted by atomic mass is 19.1. The van der Waals surface area contributed by atoms with E-state index in [2.05, 4.69) is 15.2 Å². The molecule has 25 heavy (non-hydrogen) atoms. The number of aromatic nitrogens is 1. The van der Waals surface area contributed by atoms with Gasteiger partial charge in [0.1, 0.15) is 30.1 Å². The first-order valence-corrected chi connectivity index (χ1v) is 8.63. The Balaban J connectivity index is 1.35. The molecule has 0 bridgehead atoms. The minimum atomic E-state index is -0.562. The summed E-state index contributed by atoms with van der Waals surface area (Å²) in [4.78, 5) is 6.51. The second kappa shape index (κ2) is 8.78. The molecule has 0 radical (unpaired) electrons. The number of pyridine rings is 1. The number of nitrogens with one attached hydrogen (secondary N) is 1. The van der Waals surface area contributed by atoms with Gasteiger partial charge in [-0.3, -0.25) is 0 Å². The molecule has 3 rings (SSSR count). The number of hydrogen-bond acceptors (Lipinski definition) is 5. The van der Waals surface area contributed by atoms with Crippen LogP contribution >= 0.6 is 0 Å². The first-order valence-electron chi connectivity index (χ1n) is 8.63. The van der Waals surface area contributed by atoms with E-state index in [1.54, 1.807) is 18.3 Å². The van der Waals surface area contributed by atoms with Crippen LogP contribution in [0.1, 0.15) is 6.42 Å². The molecule has 1 aliphatic heterocycles. The van der Waals surface area contributed by atoms with Crippen LogP contribution < -0.4 is 10.1 Å². The average molecular weight is 345 g/mol. The van der Waals surface area contributed by atoms with Crippen molar-refractivity contribution in [1.29, 1.82) is 0 Å². The number of benzene rings is 1. The van der Waals surface area contributed by atoms with Crippen molar-refractivity contribution >= 4 is 5.82 Å². The predicted octanol–water partition coefficient (Wildman–Crippen LogP) is 2.39.